The van der Waals surface area contributed by atoms with Crippen molar-refractivity contribution >= 4 is 6.09 Å². The molecule has 0 aliphatic rings. The molecule has 0 aliphatic carbocycles. The summed E-state index contributed by atoms with van der Waals surface area (Å²) < 4.78 is 4.92. The molecule has 0 saturated carbocycles. The van der Waals surface area contributed by atoms with Crippen molar-refractivity contribution in [3.05, 3.63) is 36.0 Å². The third-order valence-electron chi connectivity index (χ3n) is 2.34. The van der Waals surface area contributed by atoms with Crippen molar-refractivity contribution in [1.29, 1.82) is 0 Å². The van der Waals surface area contributed by atoms with Crippen LogP contribution in [-0.4, -0.2) is 19.2 Å². The highest BCUT2D eigenvalue weighted by atomic mass is 16.5. The van der Waals surface area contributed by atoms with Gasteiger partial charge in [0.2, 0.25) is 0 Å². The third-order valence-corrected chi connectivity index (χ3v) is 2.34. The number of allylic oxidation sites excluding steroid dienone is 3. The first kappa shape index (κ1) is 16.5. The van der Waals surface area contributed by atoms with Crippen LogP contribution in [0.25, 0.3) is 0 Å². The van der Waals surface area contributed by atoms with E-state index in [0.29, 0.717) is 19.6 Å². The molecule has 0 spiro atoms. The Labute approximate surface area is 111 Å². The Morgan fingerprint density at radius 1 is 1.22 bits per heavy atom. The molecule has 0 aromatic carbocycles. The van der Waals surface area contributed by atoms with Gasteiger partial charge >= 0.3 is 6.09 Å². The lowest BCUT2D eigenvalue weighted by Gasteiger charge is -2.04. The molecular weight excluding hydrogens is 226 g/mol. The molecule has 1 N–H and O–H groups in total. The second kappa shape index (κ2) is 10.6. The molecule has 3 nitrogen and oxygen atoms in total. The maximum atomic E-state index is 11.2. The Morgan fingerprint density at radius 3 is 2.56 bits per heavy atom. The minimum Gasteiger partial charge on any atom is -0.449 e. The molecule has 3 heteroatoms. The second-order valence-corrected chi connectivity index (χ2v) is 4.46. The summed E-state index contributed by atoms with van der Waals surface area (Å²) in [6.07, 6.45) is 8.35. The molecule has 0 radical (unpaired) electrons. The molecule has 0 heterocycles. The zero-order valence-corrected chi connectivity index (χ0v) is 11.8. The summed E-state index contributed by atoms with van der Waals surface area (Å²) in [5.41, 5.74) is 2.62. The van der Waals surface area contributed by atoms with E-state index in [2.05, 4.69) is 38.7 Å². The third kappa shape index (κ3) is 11.0. The minimum atomic E-state index is -0.370. The van der Waals surface area contributed by atoms with E-state index in [1.807, 2.05) is 6.08 Å². The van der Waals surface area contributed by atoms with Crippen LogP contribution in [0, 0.1) is 0 Å². The first-order valence-corrected chi connectivity index (χ1v) is 6.36. The van der Waals surface area contributed by atoms with Crippen LogP contribution in [0.2, 0.25) is 0 Å². The van der Waals surface area contributed by atoms with Gasteiger partial charge in [0, 0.05) is 6.54 Å². The van der Waals surface area contributed by atoms with Crippen LogP contribution in [0.5, 0.6) is 0 Å². The number of carbonyl (C=O) groups excluding carboxylic acids is 1. The van der Waals surface area contributed by atoms with Crippen molar-refractivity contribution in [2.45, 2.75) is 40.0 Å². The van der Waals surface area contributed by atoms with Crippen LogP contribution in [0.3, 0.4) is 0 Å². The summed E-state index contributed by atoms with van der Waals surface area (Å²) in [7, 11) is 0. The second-order valence-electron chi connectivity index (χ2n) is 4.46. The fourth-order valence-corrected chi connectivity index (χ4v) is 1.29. The Hall–Kier alpha value is -1.51. The average molecular weight is 251 g/mol. The molecule has 0 bridgehead atoms. The van der Waals surface area contributed by atoms with E-state index in [0.717, 1.165) is 12.8 Å². The molecule has 0 atom stereocenters. The highest BCUT2D eigenvalue weighted by Gasteiger charge is 1.98. The van der Waals surface area contributed by atoms with E-state index >= 15 is 0 Å². The van der Waals surface area contributed by atoms with E-state index in [1.165, 1.54) is 11.1 Å². The van der Waals surface area contributed by atoms with Crippen LogP contribution < -0.4 is 5.32 Å². The van der Waals surface area contributed by atoms with Crippen LogP contribution >= 0.6 is 0 Å². The van der Waals surface area contributed by atoms with Crippen molar-refractivity contribution in [3.63, 3.8) is 0 Å². The van der Waals surface area contributed by atoms with Gasteiger partial charge in [-0.3, -0.25) is 0 Å². The minimum absolute atomic E-state index is 0.370. The Kier molecular flexibility index (Phi) is 9.74. The Balaban J connectivity index is 3.69. The first-order chi connectivity index (χ1) is 8.56. The molecule has 0 rings (SSSR count). The van der Waals surface area contributed by atoms with Gasteiger partial charge in [-0.05, 0) is 40.0 Å². The zero-order valence-electron chi connectivity index (χ0n) is 11.8. The number of amides is 1. The van der Waals surface area contributed by atoms with Gasteiger partial charge in [-0.1, -0.05) is 29.4 Å². The van der Waals surface area contributed by atoms with E-state index in [1.54, 1.807) is 6.08 Å². The van der Waals surface area contributed by atoms with Gasteiger partial charge in [0.15, 0.2) is 0 Å². The molecule has 0 aromatic heterocycles. The van der Waals surface area contributed by atoms with Crippen LogP contribution in [-0.2, 0) is 4.74 Å². The Bertz CT molecular complexity index is 312. The summed E-state index contributed by atoms with van der Waals surface area (Å²) in [6, 6.07) is 0. The summed E-state index contributed by atoms with van der Waals surface area (Å²) in [5.74, 6) is 0. The molecule has 0 aliphatic heterocycles. The smallest absolute Gasteiger partial charge is 0.407 e. The molecule has 18 heavy (non-hydrogen) atoms. The predicted molar refractivity (Wildman–Crippen MR) is 76.6 cm³/mol. The number of nitrogens with one attached hydrogen (secondary N) is 1. The van der Waals surface area contributed by atoms with E-state index < -0.39 is 0 Å². The SMILES string of the molecule is C=CCCOC(=O)NC/C=C(\C)CCC=C(C)C. The Morgan fingerprint density at radius 2 is 1.94 bits per heavy atom. The highest BCUT2D eigenvalue weighted by molar-refractivity contribution is 5.67. The normalized spacial score (nSPS) is 10.7. The fraction of sp³-hybridized carbons (Fsp3) is 0.533. The van der Waals surface area contributed by atoms with Crippen molar-refractivity contribution in [3.8, 4) is 0 Å². The topological polar surface area (TPSA) is 38.3 Å². The number of carbonyl (C=O) groups is 1. The lowest BCUT2D eigenvalue weighted by atomic mass is 10.1. The summed E-state index contributed by atoms with van der Waals surface area (Å²) >= 11 is 0. The fourth-order valence-electron chi connectivity index (χ4n) is 1.29. The quantitative estimate of drug-likeness (QED) is 0.523. The summed E-state index contributed by atoms with van der Waals surface area (Å²) in [4.78, 5) is 11.2. The monoisotopic (exact) mass is 251 g/mol. The van der Waals surface area contributed by atoms with Crippen molar-refractivity contribution < 1.29 is 9.53 Å². The molecule has 0 fully saturated rings. The first-order valence-electron chi connectivity index (χ1n) is 6.36. The maximum Gasteiger partial charge on any atom is 0.407 e. The van der Waals surface area contributed by atoms with Gasteiger partial charge in [-0.25, -0.2) is 4.79 Å². The van der Waals surface area contributed by atoms with E-state index in [-0.39, 0.29) is 6.09 Å². The van der Waals surface area contributed by atoms with Crippen molar-refractivity contribution in [1.82, 2.24) is 5.32 Å². The number of hydrogen-bond donors (Lipinski definition) is 1. The lowest BCUT2D eigenvalue weighted by Crippen LogP contribution is -2.24. The van der Waals surface area contributed by atoms with Gasteiger partial charge in [-0.15, -0.1) is 6.58 Å². The summed E-state index contributed by atoms with van der Waals surface area (Å²) in [6.45, 7) is 10.7. The van der Waals surface area contributed by atoms with Gasteiger partial charge in [0.05, 0.1) is 6.61 Å². The predicted octanol–water partition coefficient (Wildman–Crippen LogP) is 3.98. The van der Waals surface area contributed by atoms with Crippen molar-refractivity contribution in [2.24, 2.45) is 0 Å². The van der Waals surface area contributed by atoms with Gasteiger partial charge < -0.3 is 10.1 Å². The van der Waals surface area contributed by atoms with Gasteiger partial charge in [0.1, 0.15) is 0 Å². The molecule has 1 amide bonds. The largest absolute Gasteiger partial charge is 0.449 e. The number of ether oxygens (including phenoxy) is 1. The zero-order chi connectivity index (χ0) is 13.8. The summed E-state index contributed by atoms with van der Waals surface area (Å²) in [5, 5.41) is 2.68. The lowest BCUT2D eigenvalue weighted by molar-refractivity contribution is 0.149. The van der Waals surface area contributed by atoms with E-state index in [9.17, 15) is 4.79 Å². The van der Waals surface area contributed by atoms with E-state index in [4.69, 9.17) is 4.74 Å². The molecule has 0 unspecified atom stereocenters. The highest BCUT2D eigenvalue weighted by Crippen LogP contribution is 2.05. The number of alkyl carbamates (subject to hydrolysis) is 1. The van der Waals surface area contributed by atoms with Crippen molar-refractivity contribution in [2.75, 3.05) is 13.2 Å². The molecule has 0 aromatic rings. The molecule has 0 saturated heterocycles. The number of rotatable bonds is 8. The molecular formula is C15H25NO2. The number of hydrogen-bond acceptors (Lipinski definition) is 2. The van der Waals surface area contributed by atoms with Gasteiger partial charge in [0.25, 0.3) is 0 Å². The van der Waals surface area contributed by atoms with Gasteiger partial charge in [-0.2, -0.15) is 0 Å². The standard InChI is InChI=1S/C15H25NO2/c1-5-6-12-18-15(17)16-11-10-14(4)9-7-8-13(2)3/h5,8,10H,1,6-7,9,11-12H2,2-4H3,(H,16,17)/b14-10+. The van der Waals surface area contributed by atoms with Crippen LogP contribution in [0.4, 0.5) is 4.79 Å². The van der Waals surface area contributed by atoms with Crippen LogP contribution in [0.1, 0.15) is 40.0 Å². The maximum absolute atomic E-state index is 11.2. The van der Waals surface area contributed by atoms with Crippen LogP contribution in [0.15, 0.2) is 36.0 Å². The molecule has 102 valence electrons. The average Bonchev–Trinajstić information content (AvgIpc) is 2.29.